The first-order valence-corrected chi connectivity index (χ1v) is 7.47. The van der Waals surface area contributed by atoms with Crippen molar-refractivity contribution in [2.45, 2.75) is 57.7 Å². The van der Waals surface area contributed by atoms with Crippen LogP contribution in [0.4, 0.5) is 0 Å². The van der Waals surface area contributed by atoms with Crippen LogP contribution in [0.15, 0.2) is 0 Å². The molecule has 0 saturated carbocycles. The topological polar surface area (TPSA) is 60.2 Å². The zero-order chi connectivity index (χ0) is 12.3. The van der Waals surface area contributed by atoms with Crippen molar-refractivity contribution in [1.29, 1.82) is 0 Å². The lowest BCUT2D eigenvalue weighted by molar-refractivity contribution is 0.381. The lowest BCUT2D eigenvalue weighted by Gasteiger charge is -2.31. The maximum absolute atomic E-state index is 11.6. The summed E-state index contributed by atoms with van der Waals surface area (Å²) in [5.41, 5.74) is 5.99. The molecular formula is C11H25NO2S. The van der Waals surface area contributed by atoms with Gasteiger partial charge in [0.25, 0.3) is 0 Å². The van der Waals surface area contributed by atoms with Crippen LogP contribution in [0.1, 0.15) is 47.0 Å². The van der Waals surface area contributed by atoms with Gasteiger partial charge in [0.1, 0.15) is 0 Å². The second-order valence-electron chi connectivity index (χ2n) is 5.11. The van der Waals surface area contributed by atoms with E-state index in [0.717, 1.165) is 19.3 Å². The third-order valence-corrected chi connectivity index (χ3v) is 5.50. The molecule has 2 unspecified atom stereocenters. The van der Waals surface area contributed by atoms with Gasteiger partial charge in [-0.2, -0.15) is 0 Å². The van der Waals surface area contributed by atoms with Gasteiger partial charge >= 0.3 is 0 Å². The SMILES string of the molecule is CCCC(C)CC(N)C(C)(C)S(C)(=O)=O. The highest BCUT2D eigenvalue weighted by Crippen LogP contribution is 2.24. The molecule has 0 aromatic carbocycles. The van der Waals surface area contributed by atoms with E-state index in [4.69, 9.17) is 5.73 Å². The van der Waals surface area contributed by atoms with E-state index in [1.54, 1.807) is 13.8 Å². The Morgan fingerprint density at radius 3 is 2.13 bits per heavy atom. The average Bonchev–Trinajstić information content (AvgIpc) is 2.02. The van der Waals surface area contributed by atoms with E-state index in [-0.39, 0.29) is 6.04 Å². The van der Waals surface area contributed by atoms with Crippen LogP contribution in [0.25, 0.3) is 0 Å². The molecule has 0 heterocycles. The summed E-state index contributed by atoms with van der Waals surface area (Å²) in [5, 5.41) is 0. The second kappa shape index (κ2) is 5.30. The molecule has 0 aliphatic carbocycles. The fourth-order valence-corrected chi connectivity index (χ4v) is 2.25. The molecule has 92 valence electrons. The number of nitrogens with two attached hydrogens (primary N) is 1. The number of hydrogen-bond donors (Lipinski definition) is 1. The summed E-state index contributed by atoms with van der Waals surface area (Å²) in [7, 11) is -3.09. The van der Waals surface area contributed by atoms with Gasteiger partial charge < -0.3 is 5.73 Å². The summed E-state index contributed by atoms with van der Waals surface area (Å²) in [4.78, 5) is 0. The highest BCUT2D eigenvalue weighted by Gasteiger charge is 2.37. The summed E-state index contributed by atoms with van der Waals surface area (Å²) >= 11 is 0. The van der Waals surface area contributed by atoms with Crippen molar-refractivity contribution in [2.24, 2.45) is 11.7 Å². The van der Waals surface area contributed by atoms with Crippen LogP contribution in [-0.2, 0) is 9.84 Å². The molecule has 0 radical (unpaired) electrons. The summed E-state index contributed by atoms with van der Waals surface area (Å²) in [5.74, 6) is 0.492. The summed E-state index contributed by atoms with van der Waals surface area (Å²) in [6.07, 6.45) is 4.26. The molecule has 2 N–H and O–H groups in total. The molecule has 0 aliphatic rings. The predicted molar refractivity (Wildman–Crippen MR) is 65.6 cm³/mol. The third-order valence-electron chi connectivity index (χ3n) is 3.29. The van der Waals surface area contributed by atoms with Crippen molar-refractivity contribution >= 4 is 9.84 Å². The van der Waals surface area contributed by atoms with E-state index in [0.29, 0.717) is 5.92 Å². The molecule has 0 rings (SSSR count). The Balaban J connectivity index is 4.51. The van der Waals surface area contributed by atoms with Gasteiger partial charge in [0.2, 0.25) is 0 Å². The Labute approximate surface area is 94.4 Å². The Morgan fingerprint density at radius 2 is 1.80 bits per heavy atom. The molecule has 0 spiro atoms. The van der Waals surface area contributed by atoms with Crippen LogP contribution in [0.2, 0.25) is 0 Å². The zero-order valence-electron chi connectivity index (χ0n) is 10.6. The molecule has 15 heavy (non-hydrogen) atoms. The van der Waals surface area contributed by atoms with E-state index < -0.39 is 14.6 Å². The molecule has 0 bridgehead atoms. The van der Waals surface area contributed by atoms with Crippen molar-refractivity contribution in [2.75, 3.05) is 6.26 Å². The van der Waals surface area contributed by atoms with Gasteiger partial charge in [-0.25, -0.2) is 8.42 Å². The van der Waals surface area contributed by atoms with E-state index >= 15 is 0 Å². The minimum atomic E-state index is -3.09. The van der Waals surface area contributed by atoms with Gasteiger partial charge in [0.05, 0.1) is 4.75 Å². The van der Waals surface area contributed by atoms with Gasteiger partial charge in [-0.05, 0) is 26.2 Å². The molecule has 0 saturated heterocycles. The third kappa shape index (κ3) is 4.11. The lowest BCUT2D eigenvalue weighted by atomic mass is 9.91. The van der Waals surface area contributed by atoms with Crippen LogP contribution < -0.4 is 5.73 Å². The molecular weight excluding hydrogens is 210 g/mol. The fourth-order valence-electron chi connectivity index (χ4n) is 1.60. The zero-order valence-corrected chi connectivity index (χ0v) is 11.4. The minimum absolute atomic E-state index is 0.283. The van der Waals surface area contributed by atoms with Gasteiger partial charge in [-0.1, -0.05) is 26.7 Å². The maximum Gasteiger partial charge on any atom is 0.154 e. The molecule has 0 aromatic rings. The van der Waals surface area contributed by atoms with Crippen LogP contribution in [-0.4, -0.2) is 25.5 Å². The molecule has 0 fully saturated rings. The Hall–Kier alpha value is -0.0900. The molecule has 0 aliphatic heterocycles. The van der Waals surface area contributed by atoms with Gasteiger partial charge in [0, 0.05) is 12.3 Å². The second-order valence-corrected chi connectivity index (χ2v) is 7.71. The minimum Gasteiger partial charge on any atom is -0.326 e. The number of sulfone groups is 1. The highest BCUT2D eigenvalue weighted by atomic mass is 32.2. The molecule has 2 atom stereocenters. The van der Waals surface area contributed by atoms with E-state index in [9.17, 15) is 8.42 Å². The van der Waals surface area contributed by atoms with Crippen molar-refractivity contribution in [3.05, 3.63) is 0 Å². The van der Waals surface area contributed by atoms with Crippen molar-refractivity contribution in [1.82, 2.24) is 0 Å². The predicted octanol–water partition coefficient (Wildman–Crippen LogP) is 1.96. The van der Waals surface area contributed by atoms with E-state index in [1.807, 2.05) is 0 Å². The Morgan fingerprint density at radius 1 is 1.33 bits per heavy atom. The standard InChI is InChI=1S/C11H25NO2S/c1-6-7-9(2)8-10(12)11(3,4)15(5,13)14/h9-10H,6-8,12H2,1-5H3. The first kappa shape index (κ1) is 14.9. The molecule has 3 nitrogen and oxygen atoms in total. The van der Waals surface area contributed by atoms with Crippen molar-refractivity contribution in [3.63, 3.8) is 0 Å². The lowest BCUT2D eigenvalue weighted by Crippen LogP contribution is -2.49. The summed E-state index contributed by atoms with van der Waals surface area (Å²) in [6.45, 7) is 7.68. The highest BCUT2D eigenvalue weighted by molar-refractivity contribution is 7.92. The first-order valence-electron chi connectivity index (χ1n) is 5.58. The summed E-state index contributed by atoms with van der Waals surface area (Å²) < 4.78 is 22.3. The average molecular weight is 235 g/mol. The van der Waals surface area contributed by atoms with Crippen LogP contribution in [0.3, 0.4) is 0 Å². The number of hydrogen-bond acceptors (Lipinski definition) is 3. The molecule has 4 heteroatoms. The van der Waals surface area contributed by atoms with Gasteiger partial charge in [-0.3, -0.25) is 0 Å². The van der Waals surface area contributed by atoms with Crippen molar-refractivity contribution in [3.8, 4) is 0 Å². The molecule has 0 aromatic heterocycles. The van der Waals surface area contributed by atoms with Crippen LogP contribution in [0, 0.1) is 5.92 Å². The largest absolute Gasteiger partial charge is 0.326 e. The smallest absolute Gasteiger partial charge is 0.154 e. The normalized spacial score (nSPS) is 17.5. The quantitative estimate of drug-likeness (QED) is 0.765. The van der Waals surface area contributed by atoms with E-state index in [1.165, 1.54) is 6.26 Å². The number of rotatable bonds is 6. The van der Waals surface area contributed by atoms with Gasteiger partial charge in [0.15, 0.2) is 9.84 Å². The first-order chi connectivity index (χ1) is 6.63. The van der Waals surface area contributed by atoms with Crippen molar-refractivity contribution < 1.29 is 8.42 Å². The Kier molecular flexibility index (Phi) is 5.27. The van der Waals surface area contributed by atoms with Crippen LogP contribution in [0.5, 0.6) is 0 Å². The Bertz CT molecular complexity index is 283. The molecule has 0 amide bonds. The summed E-state index contributed by atoms with van der Waals surface area (Å²) in [6, 6.07) is -0.283. The maximum atomic E-state index is 11.6. The van der Waals surface area contributed by atoms with E-state index in [2.05, 4.69) is 13.8 Å². The van der Waals surface area contributed by atoms with Gasteiger partial charge in [-0.15, -0.1) is 0 Å². The fraction of sp³-hybridized carbons (Fsp3) is 1.00. The monoisotopic (exact) mass is 235 g/mol. The van der Waals surface area contributed by atoms with Crippen LogP contribution >= 0.6 is 0 Å².